The molecule has 1 aliphatic rings. The average Bonchev–Trinajstić information content (AvgIpc) is 2.87. The van der Waals surface area contributed by atoms with Crippen molar-refractivity contribution >= 4 is 37.9 Å². The Bertz CT molecular complexity index is 308. The lowest BCUT2D eigenvalue weighted by Crippen LogP contribution is -2.50. The summed E-state index contributed by atoms with van der Waals surface area (Å²) < 4.78 is 0. The molecule has 0 heterocycles. The third-order valence-electron chi connectivity index (χ3n) is 4.12. The molecule has 0 aromatic heterocycles. The Labute approximate surface area is 145 Å². The van der Waals surface area contributed by atoms with Crippen molar-refractivity contribution in [3.63, 3.8) is 0 Å². The minimum Gasteiger partial charge on any atom is -0.480 e. The quantitative estimate of drug-likeness (QED) is 0.296. The Morgan fingerprint density at radius 3 is 2.27 bits per heavy atom. The third-order valence-corrected chi connectivity index (χ3v) is 4.12. The number of hydrogen-bond donors (Lipinski definition) is 5. The molecule has 1 saturated carbocycles. The molecule has 1 atom stereocenters. The fraction of sp³-hybridized carbons (Fsp3) is 0.923. The monoisotopic (exact) mass is 358 g/mol. The number of hydrogen-bond acceptors (Lipinski definition) is 5. The number of nitrogens with two attached hydrogens (primary N) is 1. The fourth-order valence-electron chi connectivity index (χ4n) is 2.74. The van der Waals surface area contributed by atoms with Gasteiger partial charge in [0.1, 0.15) is 5.54 Å². The van der Waals surface area contributed by atoms with E-state index in [1.807, 2.05) is 0 Å². The maximum Gasteiger partial charge on any atom is 0.451 e. The predicted molar refractivity (Wildman–Crippen MR) is 92.8 cm³/mol. The molecule has 6 N–H and O–H groups in total. The van der Waals surface area contributed by atoms with Gasteiger partial charge >= 0.3 is 13.1 Å². The van der Waals surface area contributed by atoms with Crippen molar-refractivity contribution in [3.8, 4) is 0 Å². The molecule has 1 unspecified atom stereocenters. The van der Waals surface area contributed by atoms with Gasteiger partial charge in [0.2, 0.25) is 0 Å². The molecule has 6 nitrogen and oxygen atoms in total. The Kier molecular flexibility index (Phi) is 13.6. The average molecular weight is 359 g/mol. The Balaban J connectivity index is 0. The summed E-state index contributed by atoms with van der Waals surface area (Å²) in [4.78, 5) is 11.3. The van der Waals surface area contributed by atoms with Crippen LogP contribution in [0.25, 0.3) is 0 Å². The highest BCUT2D eigenvalue weighted by Crippen LogP contribution is 2.20. The number of nitrogens with one attached hydrogen (secondary N) is 1. The molecule has 0 bridgehead atoms. The second-order valence-corrected chi connectivity index (χ2v) is 5.87. The first-order valence-corrected chi connectivity index (χ1v) is 7.56. The van der Waals surface area contributed by atoms with Crippen molar-refractivity contribution in [2.75, 3.05) is 6.54 Å². The second kappa shape index (κ2) is 12.4. The Morgan fingerprint density at radius 1 is 1.18 bits per heavy atom. The molecule has 0 amide bonds. The number of carboxylic acid groups (broad SMARTS) is 1. The van der Waals surface area contributed by atoms with Gasteiger partial charge in [-0.1, -0.05) is 25.7 Å². The smallest absolute Gasteiger partial charge is 0.451 e. The van der Waals surface area contributed by atoms with E-state index in [1.54, 1.807) is 0 Å². The highest BCUT2D eigenvalue weighted by molar-refractivity contribution is 6.40. The van der Waals surface area contributed by atoms with E-state index in [2.05, 4.69) is 5.32 Å². The van der Waals surface area contributed by atoms with Crippen LogP contribution in [0.1, 0.15) is 51.4 Å². The van der Waals surface area contributed by atoms with Crippen molar-refractivity contribution in [1.82, 2.24) is 5.32 Å². The maximum atomic E-state index is 11.3. The second-order valence-electron chi connectivity index (χ2n) is 5.87. The van der Waals surface area contributed by atoms with Gasteiger partial charge in [0.15, 0.2) is 0 Å². The van der Waals surface area contributed by atoms with Crippen molar-refractivity contribution < 1.29 is 19.9 Å². The van der Waals surface area contributed by atoms with Crippen LogP contribution in [0.2, 0.25) is 6.32 Å². The summed E-state index contributed by atoms with van der Waals surface area (Å²) in [6, 6.07) is 0.512. The Hall–Kier alpha value is -0.0451. The molecule has 0 aliphatic heterocycles. The first-order chi connectivity index (χ1) is 9.44. The molecule has 9 heteroatoms. The van der Waals surface area contributed by atoms with Crippen LogP contribution in [0.4, 0.5) is 0 Å². The van der Waals surface area contributed by atoms with Gasteiger partial charge in [-0.2, -0.15) is 0 Å². The zero-order chi connectivity index (χ0) is 15.0. The summed E-state index contributed by atoms with van der Waals surface area (Å²) in [5, 5.41) is 30.2. The van der Waals surface area contributed by atoms with Gasteiger partial charge in [0.25, 0.3) is 0 Å². The van der Waals surface area contributed by atoms with Crippen LogP contribution in [0.3, 0.4) is 0 Å². The molecule has 0 saturated heterocycles. The molecule has 0 spiro atoms. The minimum atomic E-state index is -1.32. The third kappa shape index (κ3) is 9.17. The van der Waals surface area contributed by atoms with Crippen LogP contribution in [-0.4, -0.2) is 46.4 Å². The first kappa shape index (κ1) is 24.2. The molecule has 0 aromatic carbocycles. The van der Waals surface area contributed by atoms with E-state index in [0.29, 0.717) is 38.3 Å². The highest BCUT2D eigenvalue weighted by Gasteiger charge is 2.33. The number of carbonyl (C=O) groups is 1. The molecule has 1 aliphatic carbocycles. The summed E-state index contributed by atoms with van der Waals surface area (Å²) in [6.07, 6.45) is 7.00. The topological polar surface area (TPSA) is 116 Å². The van der Waals surface area contributed by atoms with Crippen LogP contribution in [0.5, 0.6) is 0 Å². The van der Waals surface area contributed by atoms with Crippen molar-refractivity contribution in [3.05, 3.63) is 0 Å². The van der Waals surface area contributed by atoms with Gasteiger partial charge in [-0.15, -0.1) is 24.8 Å². The molecule has 22 heavy (non-hydrogen) atoms. The molecule has 0 aromatic rings. The van der Waals surface area contributed by atoms with E-state index in [9.17, 15) is 9.90 Å². The predicted octanol–water partition coefficient (Wildman–Crippen LogP) is 1.18. The van der Waals surface area contributed by atoms with Crippen LogP contribution < -0.4 is 11.1 Å². The van der Waals surface area contributed by atoms with Gasteiger partial charge in [-0.25, -0.2) is 0 Å². The van der Waals surface area contributed by atoms with Crippen LogP contribution >= 0.6 is 24.8 Å². The zero-order valence-corrected chi connectivity index (χ0v) is 14.5. The van der Waals surface area contributed by atoms with E-state index >= 15 is 0 Å². The number of aliphatic carboxylic acids is 1. The van der Waals surface area contributed by atoms with Crippen molar-refractivity contribution in [2.24, 2.45) is 5.73 Å². The van der Waals surface area contributed by atoms with Gasteiger partial charge in [-0.05, 0) is 38.5 Å². The van der Waals surface area contributed by atoms with Crippen molar-refractivity contribution in [1.29, 1.82) is 0 Å². The molecule has 1 rings (SSSR count). The summed E-state index contributed by atoms with van der Waals surface area (Å²) in [7, 11) is -1.32. The maximum absolute atomic E-state index is 11.3. The molecule has 1 fully saturated rings. The lowest BCUT2D eigenvalue weighted by atomic mass is 9.81. The largest absolute Gasteiger partial charge is 0.480 e. The van der Waals surface area contributed by atoms with Gasteiger partial charge in [-0.3, -0.25) is 4.79 Å². The van der Waals surface area contributed by atoms with Gasteiger partial charge in [0, 0.05) is 6.04 Å². The fourth-order valence-corrected chi connectivity index (χ4v) is 2.74. The molecule has 0 radical (unpaired) electrons. The summed E-state index contributed by atoms with van der Waals surface area (Å²) in [6.45, 7) is 0.621. The number of unbranched alkanes of at least 4 members (excludes halogenated alkanes) is 1. The summed E-state index contributed by atoms with van der Waals surface area (Å²) in [5.74, 6) is -0.977. The standard InChI is InChI=1S/C13H27BN2O4.2ClH/c15-13(12(17)18,7-3-4-9-14(19)20)8-10-16-11-5-1-2-6-11;;/h11,16,19-20H,1-10,15H2,(H,17,18);2*1H. The minimum absolute atomic E-state index is 0. The summed E-state index contributed by atoms with van der Waals surface area (Å²) >= 11 is 0. The SMILES string of the molecule is Cl.Cl.NC(CCCCB(O)O)(CCNC1CCCC1)C(=O)O. The first-order valence-electron chi connectivity index (χ1n) is 7.56. The summed E-state index contributed by atoms with van der Waals surface area (Å²) in [5.41, 5.74) is 4.76. The van der Waals surface area contributed by atoms with E-state index in [4.69, 9.17) is 15.8 Å². The van der Waals surface area contributed by atoms with Gasteiger partial charge < -0.3 is 26.2 Å². The molecular weight excluding hydrogens is 330 g/mol. The molecule has 132 valence electrons. The van der Waals surface area contributed by atoms with E-state index in [1.165, 1.54) is 25.7 Å². The molecular formula is C13H29BCl2N2O4. The lowest BCUT2D eigenvalue weighted by Gasteiger charge is -2.25. The Morgan fingerprint density at radius 2 is 1.77 bits per heavy atom. The van der Waals surface area contributed by atoms with E-state index in [-0.39, 0.29) is 31.1 Å². The van der Waals surface area contributed by atoms with Crippen LogP contribution in [0.15, 0.2) is 0 Å². The van der Waals surface area contributed by atoms with Gasteiger partial charge in [0.05, 0.1) is 0 Å². The zero-order valence-electron chi connectivity index (χ0n) is 12.9. The lowest BCUT2D eigenvalue weighted by molar-refractivity contribution is -0.144. The van der Waals surface area contributed by atoms with Crippen LogP contribution in [0, 0.1) is 0 Å². The number of carboxylic acids is 1. The van der Waals surface area contributed by atoms with Crippen molar-refractivity contribution in [2.45, 2.75) is 69.3 Å². The van der Waals surface area contributed by atoms with Crippen LogP contribution in [-0.2, 0) is 4.79 Å². The van der Waals surface area contributed by atoms with E-state index in [0.717, 1.165) is 0 Å². The number of rotatable bonds is 10. The van der Waals surface area contributed by atoms with E-state index < -0.39 is 18.6 Å². The highest BCUT2D eigenvalue weighted by atomic mass is 35.5. The normalized spacial score (nSPS) is 17.2. The number of halogens is 2.